The van der Waals surface area contributed by atoms with Gasteiger partial charge in [0.15, 0.2) is 0 Å². The maximum atomic E-state index is 10.9. The van der Waals surface area contributed by atoms with E-state index in [1.807, 2.05) is 6.07 Å². The number of fused-ring (bicyclic) bond motifs is 1. The zero-order valence-corrected chi connectivity index (χ0v) is 11.0. The summed E-state index contributed by atoms with van der Waals surface area (Å²) in [5.41, 5.74) is 1.86. The van der Waals surface area contributed by atoms with Crippen molar-refractivity contribution in [3.8, 4) is 11.5 Å². The Hall–Kier alpha value is -2.95. The number of ether oxygens (including phenoxy) is 1. The lowest BCUT2D eigenvalue weighted by Crippen LogP contribution is -1.95. The lowest BCUT2D eigenvalue weighted by Gasteiger charge is -2.04. The fraction of sp³-hybridized carbons (Fsp3) is 0.0625. The highest BCUT2D eigenvalue weighted by Crippen LogP contribution is 2.20. The molecule has 0 spiro atoms. The second-order valence-corrected chi connectivity index (χ2v) is 4.68. The molecule has 5 heteroatoms. The molecule has 2 aromatic carbocycles. The molecular formula is C16H13NO4. The number of hydrogen-bond acceptors (Lipinski definition) is 3. The number of nitrogens with one attached hydrogen (secondary N) is 1. The Morgan fingerprint density at radius 3 is 2.57 bits per heavy atom. The summed E-state index contributed by atoms with van der Waals surface area (Å²) in [4.78, 5) is 14.1. The predicted octanol–water partition coefficient (Wildman–Crippen LogP) is 3.15. The van der Waals surface area contributed by atoms with Crippen molar-refractivity contribution < 1.29 is 19.7 Å². The highest BCUT2D eigenvalue weighted by atomic mass is 16.5. The number of aromatic amines is 1. The second-order valence-electron chi connectivity index (χ2n) is 4.68. The van der Waals surface area contributed by atoms with Crippen molar-refractivity contribution in [1.82, 2.24) is 4.98 Å². The number of phenolic OH excluding ortho intramolecular Hbond substituents is 1. The van der Waals surface area contributed by atoms with Crippen LogP contribution in [0.2, 0.25) is 0 Å². The number of aromatic hydroxyl groups is 1. The standard InChI is InChI=1S/C16H13NO4/c18-13-3-5-14(6-4-13)21-9-12-7-10-1-2-11(16(19)20)8-15(10)17-12/h1-8,17-18H,9H2,(H,19,20). The van der Waals surface area contributed by atoms with Gasteiger partial charge in [-0.1, -0.05) is 6.07 Å². The van der Waals surface area contributed by atoms with Gasteiger partial charge < -0.3 is 19.9 Å². The molecule has 3 N–H and O–H groups in total. The molecule has 3 aromatic rings. The molecule has 0 aliphatic heterocycles. The Morgan fingerprint density at radius 1 is 1.10 bits per heavy atom. The predicted molar refractivity (Wildman–Crippen MR) is 77.7 cm³/mol. The third kappa shape index (κ3) is 2.81. The minimum absolute atomic E-state index is 0.189. The van der Waals surface area contributed by atoms with Crippen LogP contribution in [0.5, 0.6) is 11.5 Å². The molecule has 0 radical (unpaired) electrons. The van der Waals surface area contributed by atoms with Gasteiger partial charge in [-0.2, -0.15) is 0 Å². The smallest absolute Gasteiger partial charge is 0.335 e. The summed E-state index contributed by atoms with van der Waals surface area (Å²) in [5.74, 6) is -0.111. The number of carboxylic acid groups (broad SMARTS) is 1. The van der Waals surface area contributed by atoms with Crippen molar-refractivity contribution in [3.05, 3.63) is 59.8 Å². The molecule has 0 atom stereocenters. The van der Waals surface area contributed by atoms with Gasteiger partial charge in [0.25, 0.3) is 0 Å². The molecule has 0 saturated heterocycles. The number of benzene rings is 2. The van der Waals surface area contributed by atoms with Crippen LogP contribution in [0, 0.1) is 0 Å². The molecule has 1 heterocycles. The van der Waals surface area contributed by atoms with E-state index in [0.29, 0.717) is 12.4 Å². The van der Waals surface area contributed by atoms with E-state index in [2.05, 4.69) is 4.98 Å². The summed E-state index contributed by atoms with van der Waals surface area (Å²) in [6.45, 7) is 0.335. The van der Waals surface area contributed by atoms with Crippen LogP contribution in [0.25, 0.3) is 10.9 Å². The lowest BCUT2D eigenvalue weighted by atomic mass is 10.2. The average molecular weight is 283 g/mol. The number of aromatic nitrogens is 1. The number of rotatable bonds is 4. The molecule has 21 heavy (non-hydrogen) atoms. The summed E-state index contributed by atoms with van der Waals surface area (Å²) in [7, 11) is 0. The molecule has 0 bridgehead atoms. The van der Waals surface area contributed by atoms with E-state index in [1.165, 1.54) is 0 Å². The van der Waals surface area contributed by atoms with E-state index in [-0.39, 0.29) is 11.3 Å². The Balaban J connectivity index is 1.78. The third-order valence-corrected chi connectivity index (χ3v) is 3.16. The van der Waals surface area contributed by atoms with E-state index in [0.717, 1.165) is 16.6 Å². The van der Waals surface area contributed by atoms with E-state index >= 15 is 0 Å². The van der Waals surface area contributed by atoms with Crippen LogP contribution >= 0.6 is 0 Å². The monoisotopic (exact) mass is 283 g/mol. The first kappa shape index (κ1) is 13.1. The molecule has 1 aromatic heterocycles. The highest BCUT2D eigenvalue weighted by molar-refractivity contribution is 5.93. The van der Waals surface area contributed by atoms with Gasteiger partial charge in [0, 0.05) is 5.52 Å². The van der Waals surface area contributed by atoms with Crippen LogP contribution < -0.4 is 4.74 Å². The van der Waals surface area contributed by atoms with Gasteiger partial charge in [-0.3, -0.25) is 0 Å². The molecule has 106 valence electrons. The third-order valence-electron chi connectivity index (χ3n) is 3.16. The van der Waals surface area contributed by atoms with Gasteiger partial charge in [0.1, 0.15) is 18.1 Å². The van der Waals surface area contributed by atoms with Gasteiger partial charge in [0.05, 0.1) is 11.3 Å². The van der Waals surface area contributed by atoms with Crippen LogP contribution in [-0.4, -0.2) is 21.2 Å². The van der Waals surface area contributed by atoms with Crippen molar-refractivity contribution >= 4 is 16.9 Å². The van der Waals surface area contributed by atoms with Crippen molar-refractivity contribution in [3.63, 3.8) is 0 Å². The van der Waals surface area contributed by atoms with E-state index in [4.69, 9.17) is 9.84 Å². The summed E-state index contributed by atoms with van der Waals surface area (Å²) >= 11 is 0. The van der Waals surface area contributed by atoms with Crippen molar-refractivity contribution in [2.75, 3.05) is 0 Å². The van der Waals surface area contributed by atoms with Crippen LogP contribution in [-0.2, 0) is 6.61 Å². The normalized spacial score (nSPS) is 10.7. The summed E-state index contributed by atoms with van der Waals surface area (Å²) < 4.78 is 5.60. The number of H-pyrrole nitrogens is 1. The number of carboxylic acids is 1. The summed E-state index contributed by atoms with van der Waals surface area (Å²) in [6.07, 6.45) is 0. The fourth-order valence-electron chi connectivity index (χ4n) is 2.10. The first-order chi connectivity index (χ1) is 10.1. The van der Waals surface area contributed by atoms with Crippen molar-refractivity contribution in [2.45, 2.75) is 6.61 Å². The van der Waals surface area contributed by atoms with Crippen LogP contribution in [0.3, 0.4) is 0 Å². The van der Waals surface area contributed by atoms with E-state index in [1.54, 1.807) is 42.5 Å². The van der Waals surface area contributed by atoms with Gasteiger partial charge in [-0.15, -0.1) is 0 Å². The Labute approximate surface area is 120 Å². The van der Waals surface area contributed by atoms with Gasteiger partial charge in [0.2, 0.25) is 0 Å². The van der Waals surface area contributed by atoms with Crippen molar-refractivity contribution in [2.24, 2.45) is 0 Å². The highest BCUT2D eigenvalue weighted by Gasteiger charge is 2.06. The number of phenols is 1. The Kier molecular flexibility index (Phi) is 3.23. The van der Waals surface area contributed by atoms with Gasteiger partial charge in [-0.25, -0.2) is 4.79 Å². The molecule has 0 aliphatic rings. The summed E-state index contributed by atoms with van der Waals surface area (Å²) in [5, 5.41) is 19.1. The van der Waals surface area contributed by atoms with E-state index < -0.39 is 5.97 Å². The molecule has 0 fully saturated rings. The van der Waals surface area contributed by atoms with Gasteiger partial charge >= 0.3 is 5.97 Å². The molecular weight excluding hydrogens is 270 g/mol. The average Bonchev–Trinajstić information content (AvgIpc) is 2.88. The minimum Gasteiger partial charge on any atom is -0.508 e. The molecule has 0 amide bonds. The SMILES string of the molecule is O=C(O)c1ccc2cc(COc3ccc(O)cc3)[nH]c2c1. The molecule has 3 rings (SSSR count). The van der Waals surface area contributed by atoms with Crippen LogP contribution in [0.15, 0.2) is 48.5 Å². The molecule has 0 aliphatic carbocycles. The first-order valence-electron chi connectivity index (χ1n) is 6.38. The van der Waals surface area contributed by atoms with Crippen LogP contribution in [0.4, 0.5) is 0 Å². The van der Waals surface area contributed by atoms with Crippen LogP contribution in [0.1, 0.15) is 16.1 Å². The van der Waals surface area contributed by atoms with Gasteiger partial charge in [-0.05, 0) is 47.9 Å². The molecule has 0 unspecified atom stereocenters. The lowest BCUT2D eigenvalue weighted by molar-refractivity contribution is 0.0697. The molecule has 0 saturated carbocycles. The second kappa shape index (κ2) is 5.20. The van der Waals surface area contributed by atoms with Crippen molar-refractivity contribution in [1.29, 1.82) is 0 Å². The maximum absolute atomic E-state index is 10.9. The Morgan fingerprint density at radius 2 is 1.86 bits per heavy atom. The minimum atomic E-state index is -0.951. The molecule has 5 nitrogen and oxygen atoms in total. The first-order valence-corrected chi connectivity index (χ1v) is 6.38. The summed E-state index contributed by atoms with van der Waals surface area (Å²) in [6, 6.07) is 13.3. The quantitative estimate of drug-likeness (QED) is 0.687. The number of carbonyl (C=O) groups is 1. The zero-order valence-electron chi connectivity index (χ0n) is 11.0. The topological polar surface area (TPSA) is 82.6 Å². The fourth-order valence-corrected chi connectivity index (χ4v) is 2.10. The largest absolute Gasteiger partial charge is 0.508 e. The maximum Gasteiger partial charge on any atom is 0.335 e. The number of hydrogen-bond donors (Lipinski definition) is 3. The zero-order chi connectivity index (χ0) is 14.8. The Bertz CT molecular complexity index is 790. The van der Waals surface area contributed by atoms with E-state index in [9.17, 15) is 9.90 Å². The number of aromatic carboxylic acids is 1.